The van der Waals surface area contributed by atoms with Gasteiger partial charge in [0.15, 0.2) is 0 Å². The van der Waals surface area contributed by atoms with Gasteiger partial charge in [0.1, 0.15) is 29.6 Å². The van der Waals surface area contributed by atoms with E-state index in [1.807, 2.05) is 43.3 Å². The monoisotopic (exact) mass is 859 g/mol. The molecule has 14 nitrogen and oxygen atoms in total. The van der Waals surface area contributed by atoms with Gasteiger partial charge in [-0.2, -0.15) is 0 Å². The predicted molar refractivity (Wildman–Crippen MR) is 228 cm³/mol. The van der Waals surface area contributed by atoms with Crippen molar-refractivity contribution in [1.29, 1.82) is 0 Å². The third-order valence-electron chi connectivity index (χ3n) is 15.6. The second-order valence-corrected chi connectivity index (χ2v) is 19.5. The van der Waals surface area contributed by atoms with Gasteiger partial charge in [-0.3, -0.25) is 19.2 Å². The summed E-state index contributed by atoms with van der Waals surface area (Å²) in [6, 6.07) is 11.6. The molecule has 1 spiro atoms. The van der Waals surface area contributed by atoms with Crippen molar-refractivity contribution in [3.63, 3.8) is 0 Å². The number of ether oxygens (including phenoxy) is 5. The summed E-state index contributed by atoms with van der Waals surface area (Å²) in [5.41, 5.74) is 0.482. The molecule has 6 fully saturated rings. The number of amides is 2. The fourth-order valence-electron chi connectivity index (χ4n) is 12.4. The Morgan fingerprint density at radius 2 is 1.75 bits per heavy atom. The third kappa shape index (κ3) is 6.73. The van der Waals surface area contributed by atoms with Crippen molar-refractivity contribution < 1.29 is 42.9 Å². The number of fused-ring (bicyclic) bond motifs is 7. The molecule has 3 aliphatic heterocycles. The van der Waals surface area contributed by atoms with Gasteiger partial charge >= 0.3 is 11.9 Å². The first-order valence-corrected chi connectivity index (χ1v) is 22.3. The zero-order valence-corrected chi connectivity index (χ0v) is 36.6. The number of esters is 2. The number of rotatable bonds is 15. The van der Waals surface area contributed by atoms with E-state index in [9.17, 15) is 19.2 Å². The summed E-state index contributed by atoms with van der Waals surface area (Å²) in [5.74, 6) is -0.215. The number of halogens is 1. The van der Waals surface area contributed by atoms with Crippen molar-refractivity contribution in [1.82, 2.24) is 20.9 Å². The fraction of sp³-hybridized carbons (Fsp3) is 0.630. The minimum atomic E-state index is -0.904. The van der Waals surface area contributed by atoms with Crippen molar-refractivity contribution >= 4 is 62.8 Å². The number of carbonyl (C=O) groups is 4. The second kappa shape index (κ2) is 15.5. The van der Waals surface area contributed by atoms with Crippen LogP contribution in [-0.2, 0) is 38.1 Å². The Labute approximate surface area is 361 Å². The van der Waals surface area contributed by atoms with Crippen LogP contribution in [0.3, 0.4) is 0 Å². The van der Waals surface area contributed by atoms with Crippen LogP contribution in [0.4, 0.5) is 5.69 Å². The van der Waals surface area contributed by atoms with Crippen LogP contribution in [0.2, 0.25) is 5.02 Å². The highest BCUT2D eigenvalue weighted by Gasteiger charge is 2.93. The summed E-state index contributed by atoms with van der Waals surface area (Å²) in [5, 5.41) is 14.6. The lowest BCUT2D eigenvalue weighted by Crippen LogP contribution is -2.74. The summed E-state index contributed by atoms with van der Waals surface area (Å²) in [6.45, 7) is 11.7. The van der Waals surface area contributed by atoms with Gasteiger partial charge in [0.05, 0.1) is 62.2 Å². The number of nitrogens with zero attached hydrogens (tertiary/aromatic N) is 1. The number of hydrogen-bond donors (Lipinski definition) is 4. The molecule has 1 aromatic heterocycles. The standard InChI is InChI=1S/C46H58ClN5O9/c1-24(2)45-18-32(45)40-46(61-40)43(4)14-13-28-31(22-58-41(28)56)33(43)23-59-44(46,5)42(45)60-38(55)21-50-37(54)20-49-36(53)19-48-15-7-8-25(3)51-39-29-11-9-26(47)16-35(29)52-34-12-10-27(57-6)17-30(34)39/h9-12,16-17,24-25,28,31-33,40,42,48H,7-8,13-15,18-23H2,1-6H3,(H,49,53)(H,50,54)(H,51,52)/t25?,28?,31?,32-,33?,40-,42-,43-,44+,45+,46+/m0/s1. The Kier molecular flexibility index (Phi) is 10.7. The second-order valence-electron chi connectivity index (χ2n) is 19.1. The molecule has 9 rings (SSSR count). The topological polar surface area (TPSA) is 179 Å². The van der Waals surface area contributed by atoms with E-state index in [1.54, 1.807) is 7.11 Å². The number of pyridine rings is 1. The van der Waals surface area contributed by atoms with Crippen LogP contribution < -0.4 is 26.0 Å². The molecule has 2 amide bonds. The highest BCUT2D eigenvalue weighted by Crippen LogP contribution is 2.82. The molecule has 328 valence electrons. The van der Waals surface area contributed by atoms with E-state index in [0.717, 1.165) is 65.3 Å². The lowest BCUT2D eigenvalue weighted by molar-refractivity contribution is -0.280. The van der Waals surface area contributed by atoms with Gasteiger partial charge in [0, 0.05) is 38.6 Å². The summed E-state index contributed by atoms with van der Waals surface area (Å²) < 4.78 is 31.1. The molecule has 0 radical (unpaired) electrons. The first-order valence-electron chi connectivity index (χ1n) is 21.9. The minimum absolute atomic E-state index is 0.00156. The van der Waals surface area contributed by atoms with E-state index in [1.165, 1.54) is 0 Å². The first kappa shape index (κ1) is 42.1. The number of aromatic nitrogens is 1. The van der Waals surface area contributed by atoms with Crippen molar-refractivity contribution in [3.8, 4) is 5.75 Å². The van der Waals surface area contributed by atoms with Crippen LogP contribution in [-0.4, -0.2) is 105 Å². The molecule has 3 saturated carbocycles. The molecule has 6 aliphatic rings. The number of hydrogen-bond acceptors (Lipinski definition) is 12. The van der Waals surface area contributed by atoms with E-state index >= 15 is 0 Å². The zero-order valence-electron chi connectivity index (χ0n) is 35.9. The average Bonchev–Trinajstić information content (AvgIpc) is 4.14. The minimum Gasteiger partial charge on any atom is -0.497 e. The molecule has 3 aromatic rings. The number of cyclic esters (lactones) is 1. The lowest BCUT2D eigenvalue weighted by Gasteiger charge is -2.62. The summed E-state index contributed by atoms with van der Waals surface area (Å²) in [4.78, 5) is 56.4. The molecular formula is C46H58ClN5O9. The molecule has 3 saturated heterocycles. The molecule has 4 N–H and O–H groups in total. The normalized spacial score (nSPS) is 34.5. The SMILES string of the molecule is COc1ccc2nc3cc(Cl)ccc3c(NC(C)CCCNCC(=O)NCC(=O)NCC(=O)O[C@@H]3[C@@]4(C(C)C)C[C@H]4[C@@H]4O[C@@]45[C@@]4(C)CCC6C(=O)OCC6C4CO[C@]35C)c2c1. The number of nitrogens with one attached hydrogen (secondary N) is 4. The molecule has 4 unspecified atom stereocenters. The molecule has 11 atom stereocenters. The average molecular weight is 860 g/mol. The molecule has 4 heterocycles. The van der Waals surface area contributed by atoms with E-state index in [2.05, 4.69) is 49.0 Å². The van der Waals surface area contributed by atoms with Gasteiger partial charge in [-0.15, -0.1) is 0 Å². The van der Waals surface area contributed by atoms with Crippen molar-refractivity contribution in [2.75, 3.05) is 51.8 Å². The number of methoxy groups -OCH3 is 1. The molecule has 61 heavy (non-hydrogen) atoms. The van der Waals surface area contributed by atoms with Crippen LogP contribution in [0.15, 0.2) is 36.4 Å². The Balaban J connectivity index is 0.735. The van der Waals surface area contributed by atoms with Crippen LogP contribution in [0.25, 0.3) is 21.8 Å². The summed E-state index contributed by atoms with van der Waals surface area (Å²) in [6.07, 6.45) is 3.49. The van der Waals surface area contributed by atoms with Crippen molar-refractivity contribution in [3.05, 3.63) is 41.4 Å². The van der Waals surface area contributed by atoms with Gasteiger partial charge in [0.25, 0.3) is 0 Å². The Hall–Kier alpha value is -4.24. The van der Waals surface area contributed by atoms with Crippen molar-refractivity contribution in [2.24, 2.45) is 40.4 Å². The molecule has 15 heteroatoms. The molecule has 3 aliphatic carbocycles. The summed E-state index contributed by atoms with van der Waals surface area (Å²) in [7, 11) is 1.64. The summed E-state index contributed by atoms with van der Waals surface area (Å²) >= 11 is 6.29. The predicted octanol–water partition coefficient (Wildman–Crippen LogP) is 5.17. The van der Waals surface area contributed by atoms with Gasteiger partial charge in [-0.25, -0.2) is 4.98 Å². The third-order valence-corrected chi connectivity index (χ3v) is 15.9. The Morgan fingerprint density at radius 3 is 2.54 bits per heavy atom. The fourth-order valence-corrected chi connectivity index (χ4v) is 12.5. The van der Waals surface area contributed by atoms with Crippen LogP contribution in [0.1, 0.15) is 66.7 Å². The van der Waals surface area contributed by atoms with E-state index < -0.39 is 29.2 Å². The number of benzene rings is 2. The Bertz CT molecular complexity index is 2280. The number of anilines is 1. The number of epoxide rings is 1. The van der Waals surface area contributed by atoms with Crippen LogP contribution >= 0.6 is 11.6 Å². The van der Waals surface area contributed by atoms with E-state index in [4.69, 9.17) is 40.3 Å². The smallest absolute Gasteiger partial charge is 0.325 e. The highest BCUT2D eigenvalue weighted by molar-refractivity contribution is 6.31. The molecular weight excluding hydrogens is 802 g/mol. The first-order chi connectivity index (χ1) is 29.2. The van der Waals surface area contributed by atoms with Gasteiger partial charge in [-0.1, -0.05) is 32.4 Å². The maximum atomic E-state index is 13.6. The quantitative estimate of drug-likeness (QED) is 0.0683. The lowest BCUT2D eigenvalue weighted by atomic mass is 9.47. The van der Waals surface area contributed by atoms with Gasteiger partial charge < -0.3 is 45.0 Å². The zero-order chi connectivity index (χ0) is 43.1. The molecule has 2 aromatic carbocycles. The van der Waals surface area contributed by atoms with Crippen LogP contribution in [0, 0.1) is 40.4 Å². The van der Waals surface area contributed by atoms with Gasteiger partial charge in [-0.05, 0) is 107 Å². The van der Waals surface area contributed by atoms with Crippen molar-refractivity contribution in [2.45, 2.75) is 96.2 Å². The largest absolute Gasteiger partial charge is 0.497 e. The molecule has 0 bridgehead atoms. The van der Waals surface area contributed by atoms with Gasteiger partial charge in [0.2, 0.25) is 11.8 Å². The number of carbonyl (C=O) groups excluding carboxylic acids is 4. The highest BCUT2D eigenvalue weighted by atomic mass is 35.5. The van der Waals surface area contributed by atoms with E-state index in [-0.39, 0.29) is 84.1 Å². The maximum absolute atomic E-state index is 13.6. The van der Waals surface area contributed by atoms with E-state index in [0.29, 0.717) is 24.8 Å². The Morgan fingerprint density at radius 1 is 0.967 bits per heavy atom. The van der Waals surface area contributed by atoms with Crippen LogP contribution in [0.5, 0.6) is 5.75 Å². The maximum Gasteiger partial charge on any atom is 0.325 e.